The Kier molecular flexibility index (Phi) is 3.48. The van der Waals surface area contributed by atoms with Crippen molar-refractivity contribution in [2.45, 2.75) is 43.9 Å². The molecule has 4 nitrogen and oxygen atoms in total. The van der Waals surface area contributed by atoms with Gasteiger partial charge in [0.15, 0.2) is 0 Å². The van der Waals surface area contributed by atoms with Crippen molar-refractivity contribution < 1.29 is 4.74 Å². The molecule has 1 aliphatic carbocycles. The number of likely N-dealkylation sites (N-methyl/N-ethyl adjacent to an activating group) is 1. The van der Waals surface area contributed by atoms with Crippen LogP contribution in [0.25, 0.3) is 0 Å². The molecule has 1 saturated carbocycles. The van der Waals surface area contributed by atoms with Crippen molar-refractivity contribution >= 4 is 0 Å². The van der Waals surface area contributed by atoms with Crippen molar-refractivity contribution in [3.05, 3.63) is 0 Å². The maximum atomic E-state index is 9.19. The molecule has 0 spiro atoms. The third kappa shape index (κ3) is 2.22. The van der Waals surface area contributed by atoms with Crippen molar-refractivity contribution in [1.82, 2.24) is 10.2 Å². The van der Waals surface area contributed by atoms with Gasteiger partial charge in [0.2, 0.25) is 0 Å². The average Bonchev–Trinajstić information content (AvgIpc) is 2.78. The van der Waals surface area contributed by atoms with Crippen molar-refractivity contribution in [1.29, 1.82) is 5.26 Å². The Hall–Kier alpha value is -0.630. The number of ether oxygens (including phenoxy) is 1. The molecule has 1 aliphatic heterocycles. The highest BCUT2D eigenvalue weighted by Gasteiger charge is 2.38. The highest BCUT2D eigenvalue weighted by Crippen LogP contribution is 2.30. The molecule has 2 fully saturated rings. The lowest BCUT2D eigenvalue weighted by Gasteiger charge is -2.40. The molecular weight excluding hydrogens is 202 g/mol. The Morgan fingerprint density at radius 2 is 2.38 bits per heavy atom. The van der Waals surface area contributed by atoms with Crippen molar-refractivity contribution in [2.75, 3.05) is 26.7 Å². The molecule has 16 heavy (non-hydrogen) atoms. The topological polar surface area (TPSA) is 48.3 Å². The summed E-state index contributed by atoms with van der Waals surface area (Å²) in [6.07, 6.45) is 4.07. The molecule has 1 heterocycles. The first kappa shape index (κ1) is 11.8. The molecule has 2 rings (SSSR count). The maximum absolute atomic E-state index is 9.19. The zero-order valence-electron chi connectivity index (χ0n) is 10.2. The SMILES string of the molecule is CNC(C)(C#N)CN1CCOC2CCCC21. The van der Waals surface area contributed by atoms with E-state index in [0.29, 0.717) is 12.1 Å². The summed E-state index contributed by atoms with van der Waals surface area (Å²) >= 11 is 0. The number of fused-ring (bicyclic) bond motifs is 1. The molecule has 4 heteroatoms. The van der Waals surface area contributed by atoms with E-state index >= 15 is 0 Å². The summed E-state index contributed by atoms with van der Waals surface area (Å²) in [4.78, 5) is 2.43. The van der Waals surface area contributed by atoms with Gasteiger partial charge in [-0.05, 0) is 33.2 Å². The van der Waals surface area contributed by atoms with E-state index < -0.39 is 5.54 Å². The number of nitriles is 1. The molecule has 0 bridgehead atoms. The molecule has 0 aromatic heterocycles. The largest absolute Gasteiger partial charge is 0.375 e. The smallest absolute Gasteiger partial charge is 0.116 e. The minimum Gasteiger partial charge on any atom is -0.375 e. The van der Waals surface area contributed by atoms with Crippen LogP contribution in [-0.4, -0.2) is 49.3 Å². The van der Waals surface area contributed by atoms with E-state index in [0.717, 1.165) is 19.7 Å². The third-order valence-electron chi connectivity index (χ3n) is 3.91. The summed E-state index contributed by atoms with van der Waals surface area (Å²) in [5.74, 6) is 0. The number of morpholine rings is 1. The predicted molar refractivity (Wildman–Crippen MR) is 62.0 cm³/mol. The van der Waals surface area contributed by atoms with Crippen LogP contribution < -0.4 is 5.32 Å². The summed E-state index contributed by atoms with van der Waals surface area (Å²) in [6, 6.07) is 2.90. The molecule has 3 atom stereocenters. The van der Waals surface area contributed by atoms with E-state index in [9.17, 15) is 5.26 Å². The molecule has 0 radical (unpaired) electrons. The molecular formula is C12H21N3O. The van der Waals surface area contributed by atoms with Gasteiger partial charge in [-0.25, -0.2) is 0 Å². The molecule has 0 amide bonds. The molecule has 2 aliphatic rings. The first-order valence-electron chi connectivity index (χ1n) is 6.14. The Labute approximate surface area is 97.6 Å². The normalized spacial score (nSPS) is 34.1. The summed E-state index contributed by atoms with van der Waals surface area (Å²) in [5.41, 5.74) is -0.440. The van der Waals surface area contributed by atoms with E-state index in [1.807, 2.05) is 14.0 Å². The lowest BCUT2D eigenvalue weighted by Crippen LogP contribution is -2.56. The second kappa shape index (κ2) is 4.70. The number of hydrogen-bond donors (Lipinski definition) is 1. The highest BCUT2D eigenvalue weighted by molar-refractivity contribution is 5.06. The van der Waals surface area contributed by atoms with Crippen LogP contribution in [0.4, 0.5) is 0 Å². The average molecular weight is 223 g/mol. The van der Waals surface area contributed by atoms with Gasteiger partial charge in [-0.1, -0.05) is 0 Å². The second-order valence-corrected chi connectivity index (χ2v) is 5.07. The Morgan fingerprint density at radius 1 is 1.56 bits per heavy atom. The molecule has 0 aromatic rings. The lowest BCUT2D eigenvalue weighted by atomic mass is 10.0. The maximum Gasteiger partial charge on any atom is 0.116 e. The minimum absolute atomic E-state index is 0.411. The van der Waals surface area contributed by atoms with E-state index in [1.54, 1.807) is 0 Å². The van der Waals surface area contributed by atoms with Crippen LogP contribution in [-0.2, 0) is 4.74 Å². The molecule has 3 unspecified atom stereocenters. The van der Waals surface area contributed by atoms with Gasteiger partial charge in [-0.2, -0.15) is 5.26 Å². The summed E-state index contributed by atoms with van der Waals surface area (Å²) < 4.78 is 5.77. The lowest BCUT2D eigenvalue weighted by molar-refractivity contribution is -0.0601. The fourth-order valence-corrected chi connectivity index (χ4v) is 2.78. The zero-order chi connectivity index (χ0) is 11.6. The third-order valence-corrected chi connectivity index (χ3v) is 3.91. The molecule has 0 aromatic carbocycles. The quantitative estimate of drug-likeness (QED) is 0.766. The number of rotatable bonds is 3. The van der Waals surface area contributed by atoms with Gasteiger partial charge < -0.3 is 10.1 Å². The van der Waals surface area contributed by atoms with Gasteiger partial charge >= 0.3 is 0 Å². The highest BCUT2D eigenvalue weighted by atomic mass is 16.5. The predicted octanol–water partition coefficient (Wildman–Crippen LogP) is 0.741. The summed E-state index contributed by atoms with van der Waals surface area (Å²) in [5, 5.41) is 12.3. The summed E-state index contributed by atoms with van der Waals surface area (Å²) in [7, 11) is 1.86. The van der Waals surface area contributed by atoms with Crippen LogP contribution >= 0.6 is 0 Å². The van der Waals surface area contributed by atoms with Gasteiger partial charge in [0.05, 0.1) is 18.8 Å². The fourth-order valence-electron chi connectivity index (χ4n) is 2.78. The number of nitrogens with zero attached hydrogens (tertiary/aromatic N) is 2. The van der Waals surface area contributed by atoms with Crippen LogP contribution in [0.3, 0.4) is 0 Å². The van der Waals surface area contributed by atoms with Gasteiger partial charge in [-0.3, -0.25) is 4.90 Å². The van der Waals surface area contributed by atoms with Gasteiger partial charge in [0.25, 0.3) is 0 Å². The molecule has 1 N–H and O–H groups in total. The Bertz CT molecular complexity index is 288. The van der Waals surface area contributed by atoms with Crippen molar-refractivity contribution in [3.8, 4) is 6.07 Å². The van der Waals surface area contributed by atoms with Gasteiger partial charge in [0.1, 0.15) is 5.54 Å². The van der Waals surface area contributed by atoms with Crippen LogP contribution in [0.2, 0.25) is 0 Å². The molecule has 1 saturated heterocycles. The number of nitrogens with one attached hydrogen (secondary N) is 1. The van der Waals surface area contributed by atoms with E-state index in [1.165, 1.54) is 19.3 Å². The van der Waals surface area contributed by atoms with Crippen molar-refractivity contribution in [2.24, 2.45) is 0 Å². The van der Waals surface area contributed by atoms with Crippen LogP contribution in [0.15, 0.2) is 0 Å². The minimum atomic E-state index is -0.440. The van der Waals surface area contributed by atoms with Crippen molar-refractivity contribution in [3.63, 3.8) is 0 Å². The Morgan fingerprint density at radius 3 is 3.06 bits per heavy atom. The monoisotopic (exact) mass is 223 g/mol. The van der Waals surface area contributed by atoms with Crippen LogP contribution in [0.5, 0.6) is 0 Å². The zero-order valence-corrected chi connectivity index (χ0v) is 10.2. The Balaban J connectivity index is 2.01. The van der Waals surface area contributed by atoms with Crippen LogP contribution in [0.1, 0.15) is 26.2 Å². The first-order chi connectivity index (χ1) is 7.68. The van der Waals surface area contributed by atoms with Gasteiger partial charge in [0, 0.05) is 19.1 Å². The van der Waals surface area contributed by atoms with E-state index in [2.05, 4.69) is 16.3 Å². The summed E-state index contributed by atoms with van der Waals surface area (Å²) in [6.45, 7) is 4.53. The van der Waals surface area contributed by atoms with Gasteiger partial charge in [-0.15, -0.1) is 0 Å². The number of hydrogen-bond acceptors (Lipinski definition) is 4. The van der Waals surface area contributed by atoms with E-state index in [4.69, 9.17) is 4.74 Å². The van der Waals surface area contributed by atoms with E-state index in [-0.39, 0.29) is 0 Å². The second-order valence-electron chi connectivity index (χ2n) is 5.07. The standard InChI is InChI=1S/C12H21N3O/c1-12(8-13,14-2)9-15-6-7-16-11-5-3-4-10(11)15/h10-11,14H,3-7,9H2,1-2H3. The van der Waals surface area contributed by atoms with Crippen LogP contribution in [0, 0.1) is 11.3 Å². The molecule has 90 valence electrons. The first-order valence-corrected chi connectivity index (χ1v) is 6.14. The fraction of sp³-hybridized carbons (Fsp3) is 0.917.